The fraction of sp³-hybridized carbons (Fsp3) is 1.00. The number of hydrogen-bond donors (Lipinski definition) is 0. The highest BCUT2D eigenvalue weighted by molar-refractivity contribution is 7.89. The minimum atomic E-state index is -3.24. The van der Waals surface area contributed by atoms with E-state index in [-0.39, 0.29) is 5.75 Å². The van der Waals surface area contributed by atoms with Gasteiger partial charge in [0.1, 0.15) is 0 Å². The van der Waals surface area contributed by atoms with E-state index in [9.17, 15) is 16.8 Å². The van der Waals surface area contributed by atoms with Gasteiger partial charge in [-0.2, -0.15) is 8.61 Å². The second-order valence-corrected chi connectivity index (χ2v) is 9.40. The van der Waals surface area contributed by atoms with Crippen molar-refractivity contribution >= 4 is 20.0 Å². The van der Waals surface area contributed by atoms with Crippen LogP contribution in [-0.4, -0.2) is 101 Å². The summed E-state index contributed by atoms with van der Waals surface area (Å²) in [4.78, 5) is 2.00. The lowest BCUT2D eigenvalue weighted by molar-refractivity contribution is 0.0728. The molecule has 0 N–H and O–H groups in total. The lowest BCUT2D eigenvalue weighted by atomic mass is 10.4. The maximum absolute atomic E-state index is 12.2. The molecule has 0 radical (unpaired) electrons. The molecule has 124 valence electrons. The number of ether oxygens (including phenoxy) is 1. The van der Waals surface area contributed by atoms with Crippen LogP contribution in [0, 0.1) is 0 Å². The Morgan fingerprint density at radius 3 is 1.95 bits per heavy atom. The Bertz CT molecular complexity index is 534. The summed E-state index contributed by atoms with van der Waals surface area (Å²) in [6, 6.07) is 0. The predicted molar refractivity (Wildman–Crippen MR) is 79.0 cm³/mol. The summed E-state index contributed by atoms with van der Waals surface area (Å²) in [5.74, 6) is 0.0753. The van der Waals surface area contributed by atoms with Gasteiger partial charge in [0.25, 0.3) is 0 Å². The Morgan fingerprint density at radius 1 is 0.857 bits per heavy atom. The highest BCUT2D eigenvalue weighted by atomic mass is 32.2. The molecule has 2 aliphatic heterocycles. The van der Waals surface area contributed by atoms with Crippen LogP contribution in [0.2, 0.25) is 0 Å². The molecule has 0 aromatic carbocycles. The van der Waals surface area contributed by atoms with Gasteiger partial charge in [-0.1, -0.05) is 0 Å². The fourth-order valence-electron chi connectivity index (χ4n) is 2.48. The summed E-state index contributed by atoms with van der Waals surface area (Å²) in [6.07, 6.45) is 1.20. The number of hydrogen-bond acceptors (Lipinski definition) is 6. The number of piperazine rings is 1. The van der Waals surface area contributed by atoms with E-state index >= 15 is 0 Å². The molecule has 0 aromatic heterocycles. The molecule has 2 saturated heterocycles. The molecule has 2 fully saturated rings. The van der Waals surface area contributed by atoms with Crippen molar-refractivity contribution in [1.29, 1.82) is 0 Å². The lowest BCUT2D eigenvalue weighted by Crippen LogP contribution is -2.50. The minimum absolute atomic E-state index is 0.0753. The Balaban J connectivity index is 1.79. The molecule has 0 aliphatic carbocycles. The minimum Gasteiger partial charge on any atom is -0.379 e. The second-order valence-electron chi connectivity index (χ2n) is 5.33. The molecule has 0 saturated carbocycles. The van der Waals surface area contributed by atoms with E-state index < -0.39 is 20.0 Å². The van der Waals surface area contributed by atoms with Crippen LogP contribution in [0.3, 0.4) is 0 Å². The molecule has 0 bridgehead atoms. The van der Waals surface area contributed by atoms with Crippen LogP contribution >= 0.6 is 0 Å². The van der Waals surface area contributed by atoms with E-state index in [1.165, 1.54) is 14.9 Å². The van der Waals surface area contributed by atoms with Crippen LogP contribution in [0.15, 0.2) is 0 Å². The first-order valence-electron chi connectivity index (χ1n) is 7.02. The molecule has 0 spiro atoms. The summed E-state index contributed by atoms with van der Waals surface area (Å²) < 4.78 is 55.3. The third kappa shape index (κ3) is 4.86. The van der Waals surface area contributed by atoms with Gasteiger partial charge in [0.05, 0.1) is 25.2 Å². The summed E-state index contributed by atoms with van der Waals surface area (Å²) >= 11 is 0. The Morgan fingerprint density at radius 2 is 1.43 bits per heavy atom. The van der Waals surface area contributed by atoms with Gasteiger partial charge in [-0.05, 0) is 0 Å². The highest BCUT2D eigenvalue weighted by Gasteiger charge is 2.27. The molecular formula is C11H23N3O5S2. The number of nitrogens with zero attached hydrogens (tertiary/aromatic N) is 3. The molecule has 0 aromatic rings. The molecular weight excluding hydrogens is 318 g/mol. The van der Waals surface area contributed by atoms with Crippen LogP contribution in [0.4, 0.5) is 0 Å². The molecule has 10 heteroatoms. The van der Waals surface area contributed by atoms with E-state index in [1.54, 1.807) is 0 Å². The normalized spacial score (nSPS) is 24.2. The zero-order valence-electron chi connectivity index (χ0n) is 12.3. The molecule has 0 atom stereocenters. The topological polar surface area (TPSA) is 87.2 Å². The maximum atomic E-state index is 12.2. The molecule has 8 nitrogen and oxygen atoms in total. The van der Waals surface area contributed by atoms with Crippen molar-refractivity contribution in [1.82, 2.24) is 13.5 Å². The van der Waals surface area contributed by atoms with E-state index in [4.69, 9.17) is 4.74 Å². The van der Waals surface area contributed by atoms with E-state index in [0.717, 1.165) is 0 Å². The standard InChI is InChI=1S/C11H23N3O5S2/c1-20(15,16)13-4-2-12(3-5-13)8-11-21(17,18)14-6-9-19-10-7-14/h2-11H2,1H3. The van der Waals surface area contributed by atoms with Crippen molar-refractivity contribution < 1.29 is 21.6 Å². The summed E-state index contributed by atoms with van der Waals surface area (Å²) in [5, 5.41) is 0. The molecule has 2 aliphatic rings. The zero-order valence-corrected chi connectivity index (χ0v) is 13.9. The van der Waals surface area contributed by atoms with E-state index in [0.29, 0.717) is 59.0 Å². The van der Waals surface area contributed by atoms with Gasteiger partial charge in [-0.25, -0.2) is 16.8 Å². The van der Waals surface area contributed by atoms with Gasteiger partial charge in [-0.15, -0.1) is 0 Å². The largest absolute Gasteiger partial charge is 0.379 e. The van der Waals surface area contributed by atoms with Gasteiger partial charge < -0.3 is 4.74 Å². The van der Waals surface area contributed by atoms with Gasteiger partial charge in [0, 0.05) is 45.8 Å². The first-order valence-corrected chi connectivity index (χ1v) is 10.5. The summed E-state index contributed by atoms with van der Waals surface area (Å²) in [6.45, 7) is 4.19. The van der Waals surface area contributed by atoms with Gasteiger partial charge in [0.15, 0.2) is 0 Å². The monoisotopic (exact) mass is 341 g/mol. The van der Waals surface area contributed by atoms with E-state index in [2.05, 4.69) is 0 Å². The first-order chi connectivity index (χ1) is 9.79. The summed E-state index contributed by atoms with van der Waals surface area (Å²) in [7, 11) is -6.39. The van der Waals surface area contributed by atoms with Gasteiger partial charge in [0.2, 0.25) is 20.0 Å². The average molecular weight is 341 g/mol. The SMILES string of the molecule is CS(=O)(=O)N1CCN(CCS(=O)(=O)N2CCOCC2)CC1. The maximum Gasteiger partial charge on any atom is 0.215 e. The molecule has 21 heavy (non-hydrogen) atoms. The van der Waals surface area contributed by atoms with Crippen LogP contribution in [0.25, 0.3) is 0 Å². The first kappa shape index (κ1) is 17.1. The highest BCUT2D eigenvalue weighted by Crippen LogP contribution is 2.09. The van der Waals surface area contributed by atoms with Crippen molar-refractivity contribution in [3.8, 4) is 0 Å². The predicted octanol–water partition coefficient (Wildman–Crippen LogP) is -1.77. The second kappa shape index (κ2) is 6.88. The zero-order chi connectivity index (χ0) is 15.5. The average Bonchev–Trinajstić information content (AvgIpc) is 2.46. The summed E-state index contributed by atoms with van der Waals surface area (Å²) in [5.41, 5.74) is 0. The van der Waals surface area contributed by atoms with Crippen LogP contribution in [0.1, 0.15) is 0 Å². The Kier molecular flexibility index (Phi) is 5.60. The van der Waals surface area contributed by atoms with E-state index in [1.807, 2.05) is 4.90 Å². The van der Waals surface area contributed by atoms with Crippen LogP contribution in [-0.2, 0) is 24.8 Å². The number of rotatable bonds is 5. The van der Waals surface area contributed by atoms with Crippen molar-refractivity contribution in [3.63, 3.8) is 0 Å². The molecule has 2 heterocycles. The Labute approximate surface area is 126 Å². The van der Waals surface area contributed by atoms with Gasteiger partial charge >= 0.3 is 0 Å². The van der Waals surface area contributed by atoms with Crippen molar-refractivity contribution in [3.05, 3.63) is 0 Å². The van der Waals surface area contributed by atoms with Gasteiger partial charge in [-0.3, -0.25) is 4.90 Å². The molecule has 0 amide bonds. The van der Waals surface area contributed by atoms with Crippen LogP contribution in [0.5, 0.6) is 0 Å². The molecule has 0 unspecified atom stereocenters. The smallest absolute Gasteiger partial charge is 0.215 e. The van der Waals surface area contributed by atoms with Crippen molar-refractivity contribution in [2.75, 3.05) is 71.0 Å². The quantitative estimate of drug-likeness (QED) is 0.588. The third-order valence-corrected chi connectivity index (χ3v) is 6.98. The third-order valence-electron chi connectivity index (χ3n) is 3.83. The van der Waals surface area contributed by atoms with Crippen molar-refractivity contribution in [2.45, 2.75) is 0 Å². The number of morpholine rings is 1. The number of sulfonamides is 2. The van der Waals surface area contributed by atoms with Crippen molar-refractivity contribution in [2.24, 2.45) is 0 Å². The van der Waals surface area contributed by atoms with Crippen LogP contribution < -0.4 is 0 Å². The lowest BCUT2D eigenvalue weighted by Gasteiger charge is -2.33. The Hall–Kier alpha value is -0.260. The fourth-order valence-corrected chi connectivity index (χ4v) is 4.76. The molecule has 2 rings (SSSR count).